The molecule has 0 aliphatic heterocycles. The topological polar surface area (TPSA) is 30.0 Å². The van der Waals surface area contributed by atoms with Crippen molar-refractivity contribution in [2.24, 2.45) is 0 Å². The van der Waals surface area contributed by atoms with Crippen LogP contribution in [0.3, 0.4) is 0 Å². The van der Waals surface area contributed by atoms with Crippen molar-refractivity contribution in [2.45, 2.75) is 13.8 Å². The standard InChI is InChI=1S/C28H21NO/c1-18-12-17-25-26(19(18)2)27(23-10-6-7-11-24(23)29-25)20-13-15-22(16-14-20)28(30)21-8-4-3-5-9-21/h3-17H,1-2H3. The zero-order chi connectivity index (χ0) is 20.7. The summed E-state index contributed by atoms with van der Waals surface area (Å²) < 4.78 is 0. The van der Waals surface area contributed by atoms with Crippen LogP contribution in [-0.4, -0.2) is 10.8 Å². The van der Waals surface area contributed by atoms with Crippen molar-refractivity contribution in [3.63, 3.8) is 0 Å². The number of hydrogen-bond donors (Lipinski definition) is 0. The summed E-state index contributed by atoms with van der Waals surface area (Å²) in [5.41, 5.74) is 8.13. The lowest BCUT2D eigenvalue weighted by atomic mass is 9.91. The van der Waals surface area contributed by atoms with Gasteiger partial charge in [-0.1, -0.05) is 78.9 Å². The number of benzene rings is 4. The van der Waals surface area contributed by atoms with Crippen molar-refractivity contribution in [3.8, 4) is 11.1 Å². The van der Waals surface area contributed by atoms with Crippen LogP contribution in [0.1, 0.15) is 27.0 Å². The van der Waals surface area contributed by atoms with E-state index in [1.165, 1.54) is 22.1 Å². The third-order valence-electron chi connectivity index (χ3n) is 5.85. The summed E-state index contributed by atoms with van der Waals surface area (Å²) >= 11 is 0. The predicted octanol–water partition coefficient (Wildman–Crippen LogP) is 6.90. The van der Waals surface area contributed by atoms with Gasteiger partial charge in [-0.15, -0.1) is 0 Å². The molecule has 2 nitrogen and oxygen atoms in total. The van der Waals surface area contributed by atoms with Crippen LogP contribution >= 0.6 is 0 Å². The van der Waals surface area contributed by atoms with Gasteiger partial charge in [-0.2, -0.15) is 0 Å². The molecule has 0 unspecified atom stereocenters. The van der Waals surface area contributed by atoms with Crippen LogP contribution in [0.25, 0.3) is 32.9 Å². The number of nitrogens with zero attached hydrogens (tertiary/aromatic N) is 1. The average Bonchev–Trinajstić information content (AvgIpc) is 2.80. The minimum atomic E-state index is 0.0404. The number of ketones is 1. The molecule has 1 aromatic heterocycles. The highest BCUT2D eigenvalue weighted by Gasteiger charge is 2.15. The van der Waals surface area contributed by atoms with E-state index in [1.807, 2.05) is 48.5 Å². The van der Waals surface area contributed by atoms with E-state index in [4.69, 9.17) is 4.98 Å². The van der Waals surface area contributed by atoms with Gasteiger partial charge in [0.1, 0.15) is 0 Å². The summed E-state index contributed by atoms with van der Waals surface area (Å²) in [5, 5.41) is 2.30. The van der Waals surface area contributed by atoms with Gasteiger partial charge in [0, 0.05) is 27.5 Å². The molecule has 0 aliphatic carbocycles. The van der Waals surface area contributed by atoms with Gasteiger partial charge in [0.05, 0.1) is 11.0 Å². The van der Waals surface area contributed by atoms with E-state index in [2.05, 4.69) is 56.3 Å². The number of hydrogen-bond acceptors (Lipinski definition) is 2. The molecule has 0 bridgehead atoms. The van der Waals surface area contributed by atoms with Gasteiger partial charge in [-0.05, 0) is 42.7 Å². The van der Waals surface area contributed by atoms with E-state index in [0.717, 1.165) is 22.0 Å². The lowest BCUT2D eigenvalue weighted by Gasteiger charge is -2.15. The fourth-order valence-electron chi connectivity index (χ4n) is 4.10. The largest absolute Gasteiger partial charge is 0.289 e. The number of aromatic nitrogens is 1. The molecule has 2 heteroatoms. The minimum Gasteiger partial charge on any atom is -0.289 e. The molecule has 0 amide bonds. The molecule has 0 aliphatic rings. The Labute approximate surface area is 175 Å². The third-order valence-corrected chi connectivity index (χ3v) is 5.85. The van der Waals surface area contributed by atoms with E-state index < -0.39 is 0 Å². The molecular formula is C28H21NO. The van der Waals surface area contributed by atoms with Crippen LogP contribution in [-0.2, 0) is 0 Å². The zero-order valence-electron chi connectivity index (χ0n) is 17.0. The Bertz CT molecular complexity index is 1400. The Morgan fingerprint density at radius 1 is 0.667 bits per heavy atom. The first-order valence-corrected chi connectivity index (χ1v) is 10.1. The number of rotatable bonds is 3. The number of carbonyl (C=O) groups is 1. The predicted molar refractivity (Wildman–Crippen MR) is 124 cm³/mol. The molecule has 4 aromatic carbocycles. The van der Waals surface area contributed by atoms with Crippen LogP contribution in [0.15, 0.2) is 91.0 Å². The first-order chi connectivity index (χ1) is 14.6. The molecule has 144 valence electrons. The maximum atomic E-state index is 12.8. The quantitative estimate of drug-likeness (QED) is 0.249. The molecule has 0 radical (unpaired) electrons. The second-order valence-corrected chi connectivity index (χ2v) is 7.68. The summed E-state index contributed by atoms with van der Waals surface area (Å²) in [7, 11) is 0. The fraction of sp³-hybridized carbons (Fsp3) is 0.0714. The Morgan fingerprint density at radius 2 is 1.33 bits per heavy atom. The van der Waals surface area contributed by atoms with Crippen molar-refractivity contribution in [1.82, 2.24) is 4.98 Å². The smallest absolute Gasteiger partial charge is 0.193 e. The normalized spacial score (nSPS) is 11.1. The molecule has 1 heterocycles. The molecule has 30 heavy (non-hydrogen) atoms. The van der Waals surface area contributed by atoms with Gasteiger partial charge in [0.15, 0.2) is 5.78 Å². The first-order valence-electron chi connectivity index (χ1n) is 10.1. The number of carbonyl (C=O) groups excluding carboxylic acids is 1. The van der Waals surface area contributed by atoms with Gasteiger partial charge >= 0.3 is 0 Å². The molecule has 0 saturated heterocycles. The zero-order valence-corrected chi connectivity index (χ0v) is 17.0. The van der Waals surface area contributed by atoms with E-state index >= 15 is 0 Å². The number of fused-ring (bicyclic) bond motifs is 2. The number of pyridine rings is 1. The van der Waals surface area contributed by atoms with Crippen LogP contribution in [0.5, 0.6) is 0 Å². The van der Waals surface area contributed by atoms with Crippen molar-refractivity contribution in [3.05, 3.63) is 113 Å². The summed E-state index contributed by atoms with van der Waals surface area (Å²) in [4.78, 5) is 17.7. The fourth-order valence-corrected chi connectivity index (χ4v) is 4.10. The van der Waals surface area contributed by atoms with E-state index in [0.29, 0.717) is 11.1 Å². The highest BCUT2D eigenvalue weighted by molar-refractivity contribution is 6.12. The summed E-state index contributed by atoms with van der Waals surface area (Å²) in [6.07, 6.45) is 0. The van der Waals surface area contributed by atoms with Crippen molar-refractivity contribution in [2.75, 3.05) is 0 Å². The highest BCUT2D eigenvalue weighted by atomic mass is 16.1. The first kappa shape index (κ1) is 18.3. The second-order valence-electron chi connectivity index (χ2n) is 7.68. The number of aryl methyl sites for hydroxylation is 2. The molecule has 5 aromatic rings. The molecule has 0 fully saturated rings. The van der Waals surface area contributed by atoms with Gasteiger partial charge in [-0.25, -0.2) is 4.98 Å². The number of para-hydroxylation sites is 1. The second kappa shape index (κ2) is 7.23. The Morgan fingerprint density at radius 3 is 2.10 bits per heavy atom. The average molecular weight is 387 g/mol. The summed E-state index contributed by atoms with van der Waals surface area (Å²) in [6, 6.07) is 29.9. The van der Waals surface area contributed by atoms with Crippen molar-refractivity contribution < 1.29 is 4.79 Å². The molecular weight excluding hydrogens is 366 g/mol. The van der Waals surface area contributed by atoms with Crippen LogP contribution in [0.2, 0.25) is 0 Å². The van der Waals surface area contributed by atoms with Crippen LogP contribution < -0.4 is 0 Å². The lowest BCUT2D eigenvalue weighted by Crippen LogP contribution is -2.00. The molecule has 0 saturated carbocycles. The molecule has 0 spiro atoms. The van der Waals surface area contributed by atoms with E-state index in [1.54, 1.807) is 0 Å². The van der Waals surface area contributed by atoms with Gasteiger partial charge < -0.3 is 0 Å². The Hall–Kier alpha value is -3.78. The van der Waals surface area contributed by atoms with E-state index in [9.17, 15) is 4.79 Å². The van der Waals surface area contributed by atoms with Gasteiger partial charge in [0.25, 0.3) is 0 Å². The van der Waals surface area contributed by atoms with Crippen LogP contribution in [0.4, 0.5) is 0 Å². The van der Waals surface area contributed by atoms with Gasteiger partial charge in [0.2, 0.25) is 0 Å². The molecule has 0 N–H and O–H groups in total. The Kier molecular flexibility index (Phi) is 4.40. The van der Waals surface area contributed by atoms with Crippen molar-refractivity contribution in [1.29, 1.82) is 0 Å². The molecule has 0 atom stereocenters. The van der Waals surface area contributed by atoms with E-state index in [-0.39, 0.29) is 5.78 Å². The van der Waals surface area contributed by atoms with Crippen LogP contribution in [0, 0.1) is 13.8 Å². The molecule has 5 rings (SSSR count). The maximum Gasteiger partial charge on any atom is 0.193 e. The maximum absolute atomic E-state index is 12.8. The monoisotopic (exact) mass is 387 g/mol. The van der Waals surface area contributed by atoms with Crippen molar-refractivity contribution >= 4 is 27.6 Å². The lowest BCUT2D eigenvalue weighted by molar-refractivity contribution is 0.103. The minimum absolute atomic E-state index is 0.0404. The highest BCUT2D eigenvalue weighted by Crippen LogP contribution is 2.37. The Balaban J connectivity index is 1.72. The summed E-state index contributed by atoms with van der Waals surface area (Å²) in [6.45, 7) is 4.29. The SMILES string of the molecule is Cc1ccc2nc3ccccc3c(-c3ccc(C(=O)c4ccccc4)cc3)c2c1C. The van der Waals surface area contributed by atoms with Gasteiger partial charge in [-0.3, -0.25) is 4.79 Å². The third kappa shape index (κ3) is 2.98. The summed E-state index contributed by atoms with van der Waals surface area (Å²) in [5.74, 6) is 0.0404.